The first-order chi connectivity index (χ1) is 9.76. The van der Waals surface area contributed by atoms with Crippen LogP contribution >= 0.6 is 11.8 Å². The molecular formula is C17H26O2SSi. The summed E-state index contributed by atoms with van der Waals surface area (Å²) < 4.78 is 6.11. The summed E-state index contributed by atoms with van der Waals surface area (Å²) in [6.07, 6.45) is 3.67. The topological polar surface area (TPSA) is 26.3 Å². The van der Waals surface area contributed by atoms with Crippen molar-refractivity contribution >= 4 is 26.4 Å². The van der Waals surface area contributed by atoms with E-state index in [-0.39, 0.29) is 5.04 Å². The summed E-state index contributed by atoms with van der Waals surface area (Å²) in [7, 11) is -1.69. The van der Waals surface area contributed by atoms with Gasteiger partial charge in [-0.15, -0.1) is 0 Å². The van der Waals surface area contributed by atoms with Gasteiger partial charge in [0.2, 0.25) is 0 Å². The van der Waals surface area contributed by atoms with Crippen molar-refractivity contribution in [3.05, 3.63) is 41.3 Å². The van der Waals surface area contributed by atoms with Crippen LogP contribution in [-0.2, 0) is 9.22 Å². The molecule has 0 aliphatic rings. The minimum Gasteiger partial charge on any atom is -0.417 e. The molecule has 0 saturated carbocycles. The molecule has 0 aliphatic carbocycles. The normalized spacial score (nSPS) is 13.3. The van der Waals surface area contributed by atoms with E-state index in [9.17, 15) is 4.79 Å². The summed E-state index contributed by atoms with van der Waals surface area (Å²) in [6.45, 7) is 11.9. The largest absolute Gasteiger partial charge is 0.417 e. The molecule has 0 heterocycles. The van der Waals surface area contributed by atoms with Crippen LogP contribution in [0, 0.1) is 0 Å². The van der Waals surface area contributed by atoms with Gasteiger partial charge >= 0.3 is 0 Å². The minimum atomic E-state index is -1.69. The van der Waals surface area contributed by atoms with Gasteiger partial charge in [0.05, 0.1) is 0 Å². The Morgan fingerprint density at radius 1 is 1.24 bits per heavy atom. The predicted molar refractivity (Wildman–Crippen MR) is 94.2 cm³/mol. The minimum absolute atomic E-state index is 0.225. The number of thioether (sulfide) groups is 1. The smallest absolute Gasteiger partial charge is 0.191 e. The summed E-state index contributed by atoms with van der Waals surface area (Å²) >= 11 is 1.50. The Morgan fingerprint density at radius 3 is 2.38 bits per heavy atom. The summed E-state index contributed by atoms with van der Waals surface area (Å²) in [4.78, 5) is 13.0. The maximum absolute atomic E-state index is 11.1. The molecule has 0 aromatic heterocycles. The Labute approximate surface area is 134 Å². The van der Waals surface area contributed by atoms with Crippen molar-refractivity contribution in [1.29, 1.82) is 0 Å². The molecular weight excluding hydrogens is 296 g/mol. The van der Waals surface area contributed by atoms with Gasteiger partial charge in [-0.2, -0.15) is 0 Å². The van der Waals surface area contributed by atoms with Crippen LogP contribution in [0.4, 0.5) is 0 Å². The molecule has 116 valence electrons. The monoisotopic (exact) mass is 322 g/mol. The molecule has 21 heavy (non-hydrogen) atoms. The van der Waals surface area contributed by atoms with Gasteiger partial charge in [-0.3, -0.25) is 4.79 Å². The third-order valence-corrected chi connectivity index (χ3v) is 9.37. The molecule has 4 heteroatoms. The second kappa shape index (κ2) is 7.97. The highest BCUT2D eigenvalue weighted by atomic mass is 32.2. The molecule has 1 aromatic rings. The second-order valence-electron chi connectivity index (χ2n) is 6.54. The summed E-state index contributed by atoms with van der Waals surface area (Å²) in [6, 6.07) is 9.94. The Kier molecular flexibility index (Phi) is 6.91. The highest BCUT2D eigenvalue weighted by molar-refractivity contribution is 8.03. The Balaban J connectivity index is 2.49. The molecule has 0 radical (unpaired) electrons. The predicted octanol–water partition coefficient (Wildman–Crippen LogP) is 5.27. The van der Waals surface area contributed by atoms with E-state index in [2.05, 4.69) is 33.9 Å². The van der Waals surface area contributed by atoms with Crippen LogP contribution in [-0.4, -0.2) is 21.2 Å². The lowest BCUT2D eigenvalue weighted by Crippen LogP contribution is -2.40. The fourth-order valence-electron chi connectivity index (χ4n) is 1.47. The van der Waals surface area contributed by atoms with Crippen molar-refractivity contribution in [3.8, 4) is 0 Å². The van der Waals surface area contributed by atoms with Crippen LogP contribution in [0.3, 0.4) is 0 Å². The quantitative estimate of drug-likeness (QED) is 0.225. The van der Waals surface area contributed by atoms with Crippen LogP contribution < -0.4 is 0 Å². The van der Waals surface area contributed by atoms with E-state index in [4.69, 9.17) is 4.43 Å². The van der Waals surface area contributed by atoms with Gasteiger partial charge in [0, 0.05) is 16.4 Å². The van der Waals surface area contributed by atoms with Crippen LogP contribution in [0.15, 0.2) is 46.2 Å². The first kappa shape index (κ1) is 18.2. The molecule has 0 fully saturated rings. The molecule has 0 N–H and O–H groups in total. The third-order valence-electron chi connectivity index (χ3n) is 3.83. The fraction of sp³-hybridized carbons (Fsp3) is 0.471. The van der Waals surface area contributed by atoms with Crippen LogP contribution in [0.2, 0.25) is 18.1 Å². The van der Waals surface area contributed by atoms with Gasteiger partial charge < -0.3 is 4.43 Å². The maximum Gasteiger partial charge on any atom is 0.191 e. The molecule has 0 unspecified atom stereocenters. The Morgan fingerprint density at radius 2 is 1.86 bits per heavy atom. The van der Waals surface area contributed by atoms with Crippen molar-refractivity contribution < 1.29 is 9.22 Å². The SMILES string of the molecule is CC(C)(C)[Si](C)(C)OCC/C=C(/C=O)Sc1ccccc1. The van der Waals surface area contributed by atoms with Gasteiger partial charge in [0.1, 0.15) is 0 Å². The number of rotatable bonds is 7. The number of allylic oxidation sites excluding steroid dienone is 1. The average molecular weight is 323 g/mol. The molecule has 1 aromatic carbocycles. The van der Waals surface area contributed by atoms with E-state index in [1.54, 1.807) is 0 Å². The summed E-state index contributed by atoms with van der Waals surface area (Å²) in [5.74, 6) is 0. The summed E-state index contributed by atoms with van der Waals surface area (Å²) in [5, 5.41) is 0.225. The van der Waals surface area contributed by atoms with Gasteiger partial charge in [-0.05, 0) is 36.7 Å². The standard InChI is InChI=1S/C17H26O2SSi/c1-17(2,3)21(4,5)19-13-9-12-16(14-18)20-15-10-7-6-8-11-15/h6-8,10-12,14H,9,13H2,1-5H3/b16-12-. The van der Waals surface area contributed by atoms with Crippen LogP contribution in [0.25, 0.3) is 0 Å². The zero-order valence-electron chi connectivity index (χ0n) is 13.7. The fourth-order valence-corrected chi connectivity index (χ4v) is 3.35. The zero-order valence-corrected chi connectivity index (χ0v) is 15.5. The first-order valence-corrected chi connectivity index (χ1v) is 11.0. The highest BCUT2D eigenvalue weighted by Gasteiger charge is 2.36. The number of hydrogen-bond donors (Lipinski definition) is 0. The number of benzene rings is 1. The van der Waals surface area contributed by atoms with E-state index in [1.807, 2.05) is 36.4 Å². The van der Waals surface area contributed by atoms with Crippen molar-refractivity contribution in [2.24, 2.45) is 0 Å². The van der Waals surface area contributed by atoms with Crippen molar-refractivity contribution in [2.75, 3.05) is 6.61 Å². The lowest BCUT2D eigenvalue weighted by atomic mass is 10.2. The van der Waals surface area contributed by atoms with Crippen molar-refractivity contribution in [3.63, 3.8) is 0 Å². The Bertz CT molecular complexity index is 475. The Hall–Kier alpha value is -0.843. The lowest BCUT2D eigenvalue weighted by Gasteiger charge is -2.36. The maximum atomic E-state index is 11.1. The van der Waals surface area contributed by atoms with Crippen molar-refractivity contribution in [2.45, 2.75) is 50.2 Å². The number of carbonyl (C=O) groups is 1. The van der Waals surface area contributed by atoms with Crippen LogP contribution in [0.1, 0.15) is 27.2 Å². The van der Waals surface area contributed by atoms with E-state index in [0.717, 1.165) is 22.5 Å². The van der Waals surface area contributed by atoms with Gasteiger partial charge in [0.25, 0.3) is 0 Å². The second-order valence-corrected chi connectivity index (χ2v) is 12.5. The molecule has 0 atom stereocenters. The van der Waals surface area contributed by atoms with Crippen LogP contribution in [0.5, 0.6) is 0 Å². The summed E-state index contributed by atoms with van der Waals surface area (Å²) in [5.41, 5.74) is 0. The third kappa shape index (κ3) is 6.20. The van der Waals surface area contributed by atoms with Crippen molar-refractivity contribution in [1.82, 2.24) is 0 Å². The van der Waals surface area contributed by atoms with Gasteiger partial charge in [-0.25, -0.2) is 0 Å². The molecule has 2 nitrogen and oxygen atoms in total. The number of hydrogen-bond acceptors (Lipinski definition) is 3. The number of aldehydes is 1. The average Bonchev–Trinajstić information content (AvgIpc) is 2.42. The zero-order chi connectivity index (χ0) is 15.9. The number of carbonyl (C=O) groups excluding carboxylic acids is 1. The molecule has 0 amide bonds. The molecule has 0 spiro atoms. The molecule has 0 saturated heterocycles. The lowest BCUT2D eigenvalue weighted by molar-refractivity contribution is -0.104. The van der Waals surface area contributed by atoms with E-state index >= 15 is 0 Å². The highest BCUT2D eigenvalue weighted by Crippen LogP contribution is 2.36. The molecule has 0 bridgehead atoms. The molecule has 0 aliphatic heterocycles. The van der Waals surface area contributed by atoms with Gasteiger partial charge in [0.15, 0.2) is 14.6 Å². The molecule has 1 rings (SSSR count). The van der Waals surface area contributed by atoms with E-state index in [1.165, 1.54) is 11.8 Å². The van der Waals surface area contributed by atoms with Gasteiger partial charge in [-0.1, -0.05) is 56.8 Å². The van der Waals surface area contributed by atoms with E-state index in [0.29, 0.717) is 6.61 Å². The van der Waals surface area contributed by atoms with E-state index < -0.39 is 8.32 Å². The first-order valence-electron chi connectivity index (χ1n) is 7.28.